The molecule has 1 aromatic rings. The van der Waals surface area contributed by atoms with Gasteiger partial charge in [-0.3, -0.25) is 0 Å². The van der Waals surface area contributed by atoms with E-state index in [0.717, 1.165) is 13.0 Å². The number of hydrogen-bond donors (Lipinski definition) is 1. The number of nitrogens with one attached hydrogen (secondary N) is 1. The van der Waals surface area contributed by atoms with Crippen molar-refractivity contribution in [2.45, 2.75) is 25.9 Å². The van der Waals surface area contributed by atoms with Crippen LogP contribution in [0.25, 0.3) is 0 Å². The molecular formula is C10H12BrNS. The van der Waals surface area contributed by atoms with E-state index in [0.29, 0.717) is 6.04 Å². The van der Waals surface area contributed by atoms with E-state index in [2.05, 4.69) is 45.5 Å². The summed E-state index contributed by atoms with van der Waals surface area (Å²) < 4.78 is 1.18. The first-order chi connectivity index (χ1) is 6.24. The van der Waals surface area contributed by atoms with Gasteiger partial charge in [0.25, 0.3) is 0 Å². The first-order valence-electron chi connectivity index (χ1n) is 4.12. The zero-order chi connectivity index (χ0) is 9.68. The zero-order valence-corrected chi connectivity index (χ0v) is 9.91. The molecule has 0 aliphatic carbocycles. The Kier molecular flexibility index (Phi) is 4.51. The number of rotatable bonds is 4. The maximum Gasteiger partial charge on any atom is 0.0327 e. The SMILES string of the molecule is C#CCC(C)NCc1sccc1Br. The molecule has 1 N–H and O–H groups in total. The van der Waals surface area contributed by atoms with Gasteiger partial charge in [-0.25, -0.2) is 0 Å². The normalized spacial score (nSPS) is 12.4. The van der Waals surface area contributed by atoms with Crippen molar-refractivity contribution < 1.29 is 0 Å². The minimum Gasteiger partial charge on any atom is -0.308 e. The van der Waals surface area contributed by atoms with Crippen LogP contribution < -0.4 is 5.32 Å². The molecule has 1 unspecified atom stereocenters. The standard InChI is InChI=1S/C10H12BrNS/c1-3-4-8(2)12-7-10-9(11)5-6-13-10/h1,5-6,8,12H,4,7H2,2H3. The van der Waals surface area contributed by atoms with Gasteiger partial charge < -0.3 is 5.32 Å². The summed E-state index contributed by atoms with van der Waals surface area (Å²) in [5.41, 5.74) is 0. The highest BCUT2D eigenvalue weighted by atomic mass is 79.9. The highest BCUT2D eigenvalue weighted by molar-refractivity contribution is 9.10. The van der Waals surface area contributed by atoms with Gasteiger partial charge in [0, 0.05) is 28.4 Å². The van der Waals surface area contributed by atoms with Crippen LogP contribution in [0.15, 0.2) is 15.9 Å². The molecule has 1 heterocycles. The van der Waals surface area contributed by atoms with Crippen molar-refractivity contribution in [1.29, 1.82) is 0 Å². The molecule has 0 saturated carbocycles. The van der Waals surface area contributed by atoms with E-state index in [1.54, 1.807) is 11.3 Å². The summed E-state index contributed by atoms with van der Waals surface area (Å²) in [6.45, 7) is 2.99. The van der Waals surface area contributed by atoms with Crippen LogP contribution in [-0.2, 0) is 6.54 Å². The average molecular weight is 258 g/mol. The maximum absolute atomic E-state index is 5.21. The largest absolute Gasteiger partial charge is 0.308 e. The Bertz CT molecular complexity index is 300. The second-order valence-corrected chi connectivity index (χ2v) is 4.74. The molecule has 1 atom stereocenters. The molecule has 1 aromatic heterocycles. The van der Waals surface area contributed by atoms with Crippen LogP contribution in [0.5, 0.6) is 0 Å². The molecule has 0 amide bonds. The molecular weight excluding hydrogens is 246 g/mol. The van der Waals surface area contributed by atoms with Crippen molar-refractivity contribution >= 4 is 27.3 Å². The smallest absolute Gasteiger partial charge is 0.0327 e. The first-order valence-corrected chi connectivity index (χ1v) is 5.80. The van der Waals surface area contributed by atoms with Crippen LogP contribution in [0.1, 0.15) is 18.2 Å². The second-order valence-electron chi connectivity index (χ2n) is 2.88. The van der Waals surface area contributed by atoms with Gasteiger partial charge in [-0.2, -0.15) is 0 Å². The summed E-state index contributed by atoms with van der Waals surface area (Å²) in [5, 5.41) is 5.44. The molecule has 0 radical (unpaired) electrons. The monoisotopic (exact) mass is 257 g/mol. The highest BCUT2D eigenvalue weighted by Crippen LogP contribution is 2.22. The molecule has 0 aliphatic rings. The summed E-state index contributed by atoms with van der Waals surface area (Å²) in [7, 11) is 0. The van der Waals surface area contributed by atoms with E-state index in [1.165, 1.54) is 9.35 Å². The van der Waals surface area contributed by atoms with Crippen LogP contribution in [0.4, 0.5) is 0 Å². The van der Waals surface area contributed by atoms with E-state index in [9.17, 15) is 0 Å². The number of thiophene rings is 1. The van der Waals surface area contributed by atoms with Crippen molar-refractivity contribution in [2.24, 2.45) is 0 Å². The third kappa shape index (κ3) is 3.51. The van der Waals surface area contributed by atoms with E-state index in [1.807, 2.05) is 0 Å². The third-order valence-electron chi connectivity index (χ3n) is 1.73. The van der Waals surface area contributed by atoms with Gasteiger partial charge in [-0.1, -0.05) is 0 Å². The topological polar surface area (TPSA) is 12.0 Å². The van der Waals surface area contributed by atoms with Crippen LogP contribution in [-0.4, -0.2) is 6.04 Å². The van der Waals surface area contributed by atoms with E-state index < -0.39 is 0 Å². The molecule has 0 spiro atoms. The van der Waals surface area contributed by atoms with Crippen LogP contribution >= 0.6 is 27.3 Å². The van der Waals surface area contributed by atoms with Crippen LogP contribution in [0, 0.1) is 12.3 Å². The fraction of sp³-hybridized carbons (Fsp3) is 0.400. The van der Waals surface area contributed by atoms with Crippen molar-refractivity contribution in [3.63, 3.8) is 0 Å². The van der Waals surface area contributed by atoms with Crippen molar-refractivity contribution in [2.75, 3.05) is 0 Å². The molecule has 1 rings (SSSR count). The lowest BCUT2D eigenvalue weighted by Crippen LogP contribution is -2.24. The minimum atomic E-state index is 0.388. The van der Waals surface area contributed by atoms with Gasteiger partial charge in [0.2, 0.25) is 0 Å². The number of halogens is 1. The second kappa shape index (κ2) is 5.43. The molecule has 0 aromatic carbocycles. The van der Waals surface area contributed by atoms with Crippen molar-refractivity contribution in [3.05, 3.63) is 20.8 Å². The fourth-order valence-corrected chi connectivity index (χ4v) is 2.41. The zero-order valence-electron chi connectivity index (χ0n) is 7.51. The molecule has 3 heteroatoms. The van der Waals surface area contributed by atoms with Crippen LogP contribution in [0.3, 0.4) is 0 Å². The molecule has 0 fully saturated rings. The van der Waals surface area contributed by atoms with Gasteiger partial charge in [0.15, 0.2) is 0 Å². The number of terminal acetylenes is 1. The fourth-order valence-electron chi connectivity index (χ4n) is 0.967. The Balaban J connectivity index is 2.36. The maximum atomic E-state index is 5.21. The first kappa shape index (κ1) is 10.8. The Morgan fingerprint density at radius 1 is 1.77 bits per heavy atom. The van der Waals surface area contributed by atoms with E-state index in [-0.39, 0.29) is 0 Å². The quantitative estimate of drug-likeness (QED) is 0.818. The van der Waals surface area contributed by atoms with Crippen LogP contribution in [0.2, 0.25) is 0 Å². The lowest BCUT2D eigenvalue weighted by Gasteiger charge is -2.09. The Morgan fingerprint density at radius 3 is 3.08 bits per heavy atom. The summed E-state index contributed by atoms with van der Waals surface area (Å²) in [6.07, 6.45) is 5.99. The summed E-state index contributed by atoms with van der Waals surface area (Å²) in [6, 6.07) is 2.45. The summed E-state index contributed by atoms with van der Waals surface area (Å²) in [5.74, 6) is 2.64. The third-order valence-corrected chi connectivity index (χ3v) is 3.65. The van der Waals surface area contributed by atoms with Gasteiger partial charge >= 0.3 is 0 Å². The lowest BCUT2D eigenvalue weighted by atomic mass is 10.2. The molecule has 0 bridgehead atoms. The highest BCUT2D eigenvalue weighted by Gasteiger charge is 2.03. The lowest BCUT2D eigenvalue weighted by molar-refractivity contribution is 0.562. The van der Waals surface area contributed by atoms with E-state index >= 15 is 0 Å². The van der Waals surface area contributed by atoms with Gasteiger partial charge in [0.1, 0.15) is 0 Å². The van der Waals surface area contributed by atoms with E-state index in [4.69, 9.17) is 6.42 Å². The molecule has 70 valence electrons. The number of hydrogen-bond acceptors (Lipinski definition) is 2. The summed E-state index contributed by atoms with van der Waals surface area (Å²) >= 11 is 5.23. The Hall–Kier alpha value is -0.300. The van der Waals surface area contributed by atoms with Gasteiger partial charge in [0.05, 0.1) is 0 Å². The van der Waals surface area contributed by atoms with Gasteiger partial charge in [-0.05, 0) is 34.3 Å². The molecule has 13 heavy (non-hydrogen) atoms. The average Bonchev–Trinajstić information content (AvgIpc) is 2.48. The molecule has 0 aliphatic heterocycles. The molecule has 0 saturated heterocycles. The Labute approximate surface area is 91.7 Å². The summed E-state index contributed by atoms with van der Waals surface area (Å²) in [4.78, 5) is 1.32. The molecule has 1 nitrogen and oxygen atoms in total. The van der Waals surface area contributed by atoms with Crippen molar-refractivity contribution in [3.8, 4) is 12.3 Å². The predicted octanol–water partition coefficient (Wildman–Crippen LogP) is 3.01. The van der Waals surface area contributed by atoms with Crippen molar-refractivity contribution in [1.82, 2.24) is 5.32 Å². The minimum absolute atomic E-state index is 0.388. The predicted molar refractivity (Wildman–Crippen MR) is 61.8 cm³/mol. The Morgan fingerprint density at radius 2 is 2.54 bits per heavy atom. The van der Waals surface area contributed by atoms with Gasteiger partial charge in [-0.15, -0.1) is 23.7 Å².